The summed E-state index contributed by atoms with van der Waals surface area (Å²) in [5, 5.41) is 2.63. The van der Waals surface area contributed by atoms with Crippen molar-refractivity contribution in [2.45, 2.75) is 25.7 Å². The molecule has 0 aliphatic heterocycles. The Balaban J connectivity index is 2.86. The molecule has 0 saturated carbocycles. The van der Waals surface area contributed by atoms with Crippen LogP contribution in [0.4, 0.5) is 0 Å². The zero-order valence-corrected chi connectivity index (χ0v) is 9.69. The van der Waals surface area contributed by atoms with Crippen LogP contribution in [-0.4, -0.2) is 26.2 Å². The number of likely N-dealkylation sites (N-methyl/N-ethyl adjacent to an activating group) is 1. The Hall–Kier alpha value is -1.45. The van der Waals surface area contributed by atoms with Gasteiger partial charge in [0, 0.05) is 0 Å². The van der Waals surface area contributed by atoms with Crippen LogP contribution in [0.5, 0.6) is 0 Å². The maximum atomic E-state index is 11.7. The fourth-order valence-electron chi connectivity index (χ4n) is 1.66. The molecule has 4 heteroatoms. The second-order valence-electron chi connectivity index (χ2n) is 3.82. The molecule has 0 aromatic carbocycles. The van der Waals surface area contributed by atoms with Crippen LogP contribution in [0.1, 0.15) is 29.8 Å². The summed E-state index contributed by atoms with van der Waals surface area (Å²) in [5.74, 6) is 1.68. The minimum atomic E-state index is -0.226. The number of carbonyl (C=O) groups excluding carboxylic acids is 2. The van der Waals surface area contributed by atoms with E-state index >= 15 is 0 Å². The summed E-state index contributed by atoms with van der Waals surface area (Å²) >= 11 is 0. The van der Waals surface area contributed by atoms with E-state index in [-0.39, 0.29) is 11.8 Å². The molecule has 84 valence electrons. The van der Waals surface area contributed by atoms with Gasteiger partial charge in [0.15, 0.2) is 0 Å². The van der Waals surface area contributed by atoms with Gasteiger partial charge in [0.2, 0.25) is 0 Å². The SMILES string of the molecule is CNC(=O)C(CCC=O)c1cbc(C)cc1. The van der Waals surface area contributed by atoms with Crippen LogP contribution in [0.15, 0.2) is 18.1 Å². The van der Waals surface area contributed by atoms with Crippen molar-refractivity contribution < 1.29 is 9.59 Å². The van der Waals surface area contributed by atoms with Crippen LogP contribution < -0.4 is 5.32 Å². The van der Waals surface area contributed by atoms with Gasteiger partial charge in [-0.2, -0.15) is 0 Å². The van der Waals surface area contributed by atoms with Gasteiger partial charge in [0.05, 0.1) is 0 Å². The van der Waals surface area contributed by atoms with Crippen molar-refractivity contribution in [2.24, 2.45) is 0 Å². The molecule has 1 N–H and O–H groups in total. The van der Waals surface area contributed by atoms with Crippen LogP contribution in [0.3, 0.4) is 0 Å². The number of aryl methyl sites for hydroxylation is 1. The monoisotopic (exact) mass is 217 g/mol. The van der Waals surface area contributed by atoms with Crippen LogP contribution in [0.25, 0.3) is 0 Å². The third-order valence-electron chi connectivity index (χ3n) is 2.62. The molecule has 1 rings (SSSR count). The summed E-state index contributed by atoms with van der Waals surface area (Å²) in [5.41, 5.74) is 2.13. The van der Waals surface area contributed by atoms with Gasteiger partial charge in [-0.05, 0) is 0 Å². The number of hydrogen-bond acceptors (Lipinski definition) is 2. The van der Waals surface area contributed by atoms with Gasteiger partial charge in [-0.15, -0.1) is 0 Å². The molecule has 3 nitrogen and oxygen atoms in total. The van der Waals surface area contributed by atoms with Crippen molar-refractivity contribution in [3.8, 4) is 0 Å². The summed E-state index contributed by atoms with van der Waals surface area (Å²) in [6.45, 7) is 3.98. The van der Waals surface area contributed by atoms with Crippen molar-refractivity contribution >= 4 is 19.1 Å². The molecule has 0 saturated heterocycles. The summed E-state index contributed by atoms with van der Waals surface area (Å²) in [6.07, 6.45) is 1.82. The van der Waals surface area contributed by atoms with Gasteiger partial charge in [-0.1, -0.05) is 0 Å². The predicted molar refractivity (Wildman–Crippen MR) is 64.6 cm³/mol. The van der Waals surface area contributed by atoms with E-state index in [9.17, 15) is 9.59 Å². The van der Waals surface area contributed by atoms with Crippen LogP contribution in [0, 0.1) is 6.92 Å². The average Bonchev–Trinajstić information content (AvgIpc) is 2.31. The van der Waals surface area contributed by atoms with E-state index < -0.39 is 0 Å². The number of hydrogen-bond donors (Lipinski definition) is 1. The average molecular weight is 217 g/mol. The molecule has 1 heterocycles. The Morgan fingerprint density at radius 1 is 1.56 bits per heavy atom. The fraction of sp³-hybridized carbons (Fsp3) is 0.417. The first-order valence-electron chi connectivity index (χ1n) is 5.41. The molecule has 0 fully saturated rings. The van der Waals surface area contributed by atoms with Gasteiger partial charge in [-0.3, -0.25) is 0 Å². The Labute approximate surface area is 96.5 Å². The first kappa shape index (κ1) is 12.6. The maximum absolute atomic E-state index is 11.7. The molecular weight excluding hydrogens is 201 g/mol. The van der Waals surface area contributed by atoms with Gasteiger partial charge in [0.25, 0.3) is 0 Å². The van der Waals surface area contributed by atoms with Crippen molar-refractivity contribution in [2.75, 3.05) is 7.05 Å². The molecule has 0 radical (unpaired) electrons. The predicted octanol–water partition coefficient (Wildman–Crippen LogP) is 1.14. The number of amides is 1. The molecule has 1 aromatic rings. The molecule has 1 aromatic heterocycles. The molecule has 0 aliphatic carbocycles. The summed E-state index contributed by atoms with van der Waals surface area (Å²) in [6, 6.07) is 3.92. The van der Waals surface area contributed by atoms with Crippen molar-refractivity contribution in [1.82, 2.24) is 5.32 Å². The van der Waals surface area contributed by atoms with Crippen LogP contribution in [-0.2, 0) is 9.59 Å². The summed E-state index contributed by atoms with van der Waals surface area (Å²) in [7, 11) is 1.62. The van der Waals surface area contributed by atoms with E-state index in [2.05, 4.69) is 5.32 Å². The topological polar surface area (TPSA) is 46.2 Å². The van der Waals surface area contributed by atoms with Crippen LogP contribution in [0.2, 0.25) is 0 Å². The molecule has 1 atom stereocenters. The quantitative estimate of drug-likeness (QED) is 0.751. The van der Waals surface area contributed by atoms with E-state index in [1.54, 1.807) is 7.05 Å². The van der Waals surface area contributed by atoms with Gasteiger partial charge < -0.3 is 0 Å². The Bertz CT molecular complexity index is 362. The number of nitrogens with one attached hydrogen (secondary N) is 1. The molecule has 0 spiro atoms. The third kappa shape index (κ3) is 3.30. The van der Waals surface area contributed by atoms with E-state index in [1.165, 1.54) is 0 Å². The molecule has 1 unspecified atom stereocenters. The van der Waals surface area contributed by atoms with E-state index in [4.69, 9.17) is 0 Å². The normalized spacial score (nSPS) is 11.6. The third-order valence-corrected chi connectivity index (χ3v) is 2.62. The van der Waals surface area contributed by atoms with Gasteiger partial charge in [-0.25, -0.2) is 0 Å². The Kier molecular flexibility index (Phi) is 4.90. The number of rotatable bonds is 5. The standard InChI is InChI=1S/C12H16BNO2/c1-9-5-6-10(8-13-9)11(4-3-7-15)12(16)14-2/h5-8,11H,3-4H2,1-2H3,(H,14,16). The summed E-state index contributed by atoms with van der Waals surface area (Å²) in [4.78, 5) is 22.1. The summed E-state index contributed by atoms with van der Waals surface area (Å²) < 4.78 is 0. The molecule has 16 heavy (non-hydrogen) atoms. The van der Waals surface area contributed by atoms with Crippen molar-refractivity contribution in [3.05, 3.63) is 29.1 Å². The molecular formula is C12H16BNO2. The van der Waals surface area contributed by atoms with E-state index in [1.807, 2.05) is 31.9 Å². The zero-order chi connectivity index (χ0) is 12.0. The van der Waals surface area contributed by atoms with E-state index in [0.717, 1.165) is 17.3 Å². The number of aldehydes is 1. The Morgan fingerprint density at radius 2 is 2.31 bits per heavy atom. The fourth-order valence-corrected chi connectivity index (χ4v) is 1.66. The second-order valence-corrected chi connectivity index (χ2v) is 3.82. The molecule has 0 bridgehead atoms. The second kappa shape index (κ2) is 6.21. The van der Waals surface area contributed by atoms with Crippen molar-refractivity contribution in [1.29, 1.82) is 0 Å². The molecule has 0 aliphatic rings. The molecule has 1 amide bonds. The van der Waals surface area contributed by atoms with Crippen LogP contribution >= 0.6 is 0 Å². The van der Waals surface area contributed by atoms with E-state index in [0.29, 0.717) is 12.8 Å². The van der Waals surface area contributed by atoms with Gasteiger partial charge >= 0.3 is 95.9 Å². The zero-order valence-electron chi connectivity index (χ0n) is 9.69. The van der Waals surface area contributed by atoms with Crippen molar-refractivity contribution in [3.63, 3.8) is 0 Å². The van der Waals surface area contributed by atoms with Gasteiger partial charge in [0.1, 0.15) is 0 Å². The minimum absolute atomic E-state index is 0.0364. The Morgan fingerprint density at radius 3 is 2.81 bits per heavy atom. The first-order valence-corrected chi connectivity index (χ1v) is 5.41. The number of carbonyl (C=O) groups is 2. The first-order chi connectivity index (χ1) is 7.69.